The molecule has 0 amide bonds. The van der Waals surface area contributed by atoms with E-state index in [4.69, 9.17) is 4.74 Å². The lowest BCUT2D eigenvalue weighted by Crippen LogP contribution is -2.42. The van der Waals surface area contributed by atoms with E-state index in [9.17, 15) is 5.11 Å². The number of thiophene rings is 1. The van der Waals surface area contributed by atoms with Crippen LogP contribution in [-0.2, 0) is 6.54 Å². The maximum Gasteiger partial charge on any atom is 0.191 e. The van der Waals surface area contributed by atoms with Gasteiger partial charge in [0.15, 0.2) is 5.96 Å². The Morgan fingerprint density at radius 3 is 2.92 bits per heavy atom. The van der Waals surface area contributed by atoms with Gasteiger partial charge in [-0.1, -0.05) is 12.1 Å². The SMILES string of the molecule is CCNC(=NCc1ccsc1)NCC(O)COc1cccc(C)c1. The molecule has 1 atom stereocenters. The van der Waals surface area contributed by atoms with Crippen LogP contribution in [0.4, 0.5) is 0 Å². The van der Waals surface area contributed by atoms with Crippen LogP contribution in [0.3, 0.4) is 0 Å². The Morgan fingerprint density at radius 2 is 2.21 bits per heavy atom. The predicted molar refractivity (Wildman–Crippen MR) is 99.8 cm³/mol. The van der Waals surface area contributed by atoms with Gasteiger partial charge in [-0.3, -0.25) is 0 Å². The van der Waals surface area contributed by atoms with E-state index in [0.29, 0.717) is 19.0 Å². The van der Waals surface area contributed by atoms with Crippen molar-refractivity contribution in [3.05, 3.63) is 52.2 Å². The molecule has 5 nitrogen and oxygen atoms in total. The van der Waals surface area contributed by atoms with Crippen molar-refractivity contribution < 1.29 is 9.84 Å². The number of aliphatic imine (C=N–C) groups is 1. The van der Waals surface area contributed by atoms with E-state index in [1.54, 1.807) is 11.3 Å². The summed E-state index contributed by atoms with van der Waals surface area (Å²) in [5.41, 5.74) is 2.32. The topological polar surface area (TPSA) is 65.9 Å². The third kappa shape index (κ3) is 6.60. The lowest BCUT2D eigenvalue weighted by molar-refractivity contribution is 0.110. The molecule has 0 saturated carbocycles. The van der Waals surface area contributed by atoms with Gasteiger partial charge in [0.1, 0.15) is 18.5 Å². The van der Waals surface area contributed by atoms with Crippen molar-refractivity contribution >= 4 is 17.3 Å². The zero-order valence-corrected chi connectivity index (χ0v) is 15.0. The normalized spacial score (nSPS) is 12.7. The van der Waals surface area contributed by atoms with Crippen LogP contribution in [0, 0.1) is 6.92 Å². The zero-order chi connectivity index (χ0) is 17.2. The number of ether oxygens (including phenoxy) is 1. The number of benzene rings is 1. The summed E-state index contributed by atoms with van der Waals surface area (Å²) in [4.78, 5) is 4.51. The number of nitrogens with one attached hydrogen (secondary N) is 2. The fourth-order valence-corrected chi connectivity index (χ4v) is 2.73. The Bertz CT molecular complexity index is 629. The van der Waals surface area contributed by atoms with Crippen LogP contribution in [0.5, 0.6) is 5.75 Å². The lowest BCUT2D eigenvalue weighted by Gasteiger charge is -2.16. The van der Waals surface area contributed by atoms with E-state index in [1.807, 2.05) is 43.5 Å². The Morgan fingerprint density at radius 1 is 1.33 bits per heavy atom. The first-order chi connectivity index (χ1) is 11.7. The first kappa shape index (κ1) is 18.3. The Hall–Kier alpha value is -2.05. The summed E-state index contributed by atoms with van der Waals surface area (Å²) in [7, 11) is 0. The van der Waals surface area contributed by atoms with E-state index in [0.717, 1.165) is 17.9 Å². The number of aliphatic hydroxyl groups is 1. The van der Waals surface area contributed by atoms with Crippen LogP contribution < -0.4 is 15.4 Å². The average molecular weight is 347 g/mol. The second-order valence-corrected chi connectivity index (χ2v) is 6.27. The minimum Gasteiger partial charge on any atom is -0.491 e. The molecule has 0 radical (unpaired) electrons. The van der Waals surface area contributed by atoms with Crippen molar-refractivity contribution in [2.24, 2.45) is 4.99 Å². The van der Waals surface area contributed by atoms with Crippen molar-refractivity contribution in [2.75, 3.05) is 19.7 Å². The van der Waals surface area contributed by atoms with Crippen molar-refractivity contribution in [3.8, 4) is 5.75 Å². The van der Waals surface area contributed by atoms with Crippen LogP contribution in [0.2, 0.25) is 0 Å². The molecule has 1 aromatic heterocycles. The van der Waals surface area contributed by atoms with Gasteiger partial charge in [0.05, 0.1) is 6.54 Å². The fourth-order valence-electron chi connectivity index (χ4n) is 2.07. The molecule has 0 fully saturated rings. The van der Waals surface area contributed by atoms with Crippen molar-refractivity contribution in [1.82, 2.24) is 10.6 Å². The molecule has 3 N–H and O–H groups in total. The average Bonchev–Trinajstić information content (AvgIpc) is 3.09. The molecule has 1 heterocycles. The highest BCUT2D eigenvalue weighted by molar-refractivity contribution is 7.07. The van der Waals surface area contributed by atoms with Gasteiger partial charge in [-0.15, -0.1) is 0 Å². The van der Waals surface area contributed by atoms with Gasteiger partial charge in [0.25, 0.3) is 0 Å². The molecule has 0 aliphatic heterocycles. The molecule has 1 unspecified atom stereocenters. The van der Waals surface area contributed by atoms with Crippen molar-refractivity contribution in [1.29, 1.82) is 0 Å². The van der Waals surface area contributed by atoms with Gasteiger partial charge >= 0.3 is 0 Å². The molecule has 0 saturated heterocycles. The van der Waals surface area contributed by atoms with Gasteiger partial charge in [-0.25, -0.2) is 4.99 Å². The van der Waals surface area contributed by atoms with Crippen LogP contribution in [0.25, 0.3) is 0 Å². The molecule has 2 rings (SSSR count). The minimum atomic E-state index is -0.615. The maximum absolute atomic E-state index is 10.1. The Kier molecular flexibility index (Phi) is 7.58. The molecule has 6 heteroatoms. The molecule has 1 aromatic carbocycles. The van der Waals surface area contributed by atoms with E-state index < -0.39 is 6.10 Å². The zero-order valence-electron chi connectivity index (χ0n) is 14.2. The summed E-state index contributed by atoms with van der Waals surface area (Å²) in [5, 5.41) is 20.5. The molecule has 2 aromatic rings. The molecule has 24 heavy (non-hydrogen) atoms. The smallest absolute Gasteiger partial charge is 0.191 e. The number of rotatable bonds is 8. The van der Waals surface area contributed by atoms with E-state index in [2.05, 4.69) is 27.1 Å². The van der Waals surface area contributed by atoms with Crippen molar-refractivity contribution in [3.63, 3.8) is 0 Å². The molecule has 0 spiro atoms. The standard InChI is InChI=1S/C18H25N3O2S/c1-3-19-18(20-10-15-7-8-24-13-15)21-11-16(22)12-23-17-6-4-5-14(2)9-17/h4-9,13,16,22H,3,10-12H2,1-2H3,(H2,19,20,21). The van der Waals surface area contributed by atoms with E-state index in [1.165, 1.54) is 5.56 Å². The fraction of sp³-hybridized carbons (Fsp3) is 0.389. The number of hydrogen-bond acceptors (Lipinski definition) is 4. The number of aryl methyl sites for hydroxylation is 1. The van der Waals surface area contributed by atoms with Gasteiger partial charge in [-0.05, 0) is 53.9 Å². The molecule has 0 aliphatic rings. The number of nitrogens with zero attached hydrogens (tertiary/aromatic N) is 1. The second-order valence-electron chi connectivity index (χ2n) is 5.49. The summed E-state index contributed by atoms with van der Waals surface area (Å²) >= 11 is 1.66. The highest BCUT2D eigenvalue weighted by Crippen LogP contribution is 2.12. The third-order valence-electron chi connectivity index (χ3n) is 3.28. The predicted octanol–water partition coefficient (Wildman–Crippen LogP) is 2.55. The monoisotopic (exact) mass is 347 g/mol. The van der Waals surface area contributed by atoms with Crippen LogP contribution in [0.1, 0.15) is 18.1 Å². The number of aliphatic hydroxyl groups excluding tert-OH is 1. The molecular weight excluding hydrogens is 322 g/mol. The number of hydrogen-bond donors (Lipinski definition) is 3. The second kappa shape index (κ2) is 9.95. The molecular formula is C18H25N3O2S. The van der Waals surface area contributed by atoms with E-state index >= 15 is 0 Å². The first-order valence-electron chi connectivity index (χ1n) is 8.08. The molecule has 130 valence electrons. The largest absolute Gasteiger partial charge is 0.491 e. The first-order valence-corrected chi connectivity index (χ1v) is 9.02. The van der Waals surface area contributed by atoms with Crippen molar-refractivity contribution in [2.45, 2.75) is 26.5 Å². The third-order valence-corrected chi connectivity index (χ3v) is 4.01. The van der Waals surface area contributed by atoms with Gasteiger partial charge in [0, 0.05) is 13.1 Å². The summed E-state index contributed by atoms with van der Waals surface area (Å²) < 4.78 is 5.61. The van der Waals surface area contributed by atoms with Gasteiger partial charge < -0.3 is 20.5 Å². The van der Waals surface area contributed by atoms with Gasteiger partial charge in [0.2, 0.25) is 0 Å². The van der Waals surface area contributed by atoms with Crippen LogP contribution in [-0.4, -0.2) is 36.9 Å². The lowest BCUT2D eigenvalue weighted by atomic mass is 10.2. The quantitative estimate of drug-likeness (QED) is 0.507. The highest BCUT2D eigenvalue weighted by atomic mass is 32.1. The molecule has 0 bridgehead atoms. The highest BCUT2D eigenvalue weighted by Gasteiger charge is 2.07. The number of guanidine groups is 1. The minimum absolute atomic E-state index is 0.236. The Balaban J connectivity index is 1.76. The summed E-state index contributed by atoms with van der Waals surface area (Å²) in [6.07, 6.45) is -0.615. The van der Waals surface area contributed by atoms with E-state index in [-0.39, 0.29) is 6.61 Å². The maximum atomic E-state index is 10.1. The summed E-state index contributed by atoms with van der Waals surface area (Å²) in [5.74, 6) is 1.46. The summed E-state index contributed by atoms with van der Waals surface area (Å²) in [6.45, 7) is 6.03. The van der Waals surface area contributed by atoms with Crippen LogP contribution in [0.15, 0.2) is 46.1 Å². The molecule has 0 aliphatic carbocycles. The van der Waals surface area contributed by atoms with Crippen LogP contribution >= 0.6 is 11.3 Å². The van der Waals surface area contributed by atoms with Gasteiger partial charge in [-0.2, -0.15) is 11.3 Å². The summed E-state index contributed by atoms with van der Waals surface area (Å²) in [6, 6.07) is 9.85. The Labute approximate surface area is 147 Å².